The van der Waals surface area contributed by atoms with E-state index in [1.165, 1.54) is 6.07 Å². The van der Waals surface area contributed by atoms with Crippen LogP contribution in [0.4, 0.5) is 13.2 Å². The summed E-state index contributed by atoms with van der Waals surface area (Å²) in [6, 6.07) is 5.24. The molecule has 1 aromatic rings. The van der Waals surface area contributed by atoms with E-state index in [2.05, 4.69) is 0 Å². The minimum Gasteiger partial charge on any atom is -0.464 e. The van der Waals surface area contributed by atoms with Crippen LogP contribution in [0.5, 0.6) is 0 Å². The molecular formula is C15H17F3O3. The largest absolute Gasteiger partial charge is 0.464 e. The molecule has 1 saturated heterocycles. The maximum absolute atomic E-state index is 12.6. The van der Waals surface area contributed by atoms with Crippen LogP contribution in [-0.4, -0.2) is 24.8 Å². The van der Waals surface area contributed by atoms with Crippen LogP contribution in [0.25, 0.3) is 0 Å². The van der Waals surface area contributed by atoms with Gasteiger partial charge in [-0.2, -0.15) is 13.2 Å². The summed E-state index contributed by atoms with van der Waals surface area (Å²) in [6.45, 7) is 2.34. The van der Waals surface area contributed by atoms with Crippen LogP contribution >= 0.6 is 0 Å². The minimum atomic E-state index is -4.33. The molecule has 1 heterocycles. The first-order valence-electron chi connectivity index (χ1n) is 6.85. The molecule has 1 aromatic carbocycles. The number of epoxide rings is 1. The lowest BCUT2D eigenvalue weighted by Crippen LogP contribution is -2.27. The first-order chi connectivity index (χ1) is 9.87. The molecule has 6 heteroatoms. The van der Waals surface area contributed by atoms with Gasteiger partial charge >= 0.3 is 12.1 Å². The SMILES string of the molecule is CCOC(=O)[C@@]1(CCCc2cccc(C(F)(F)F)c2)CO1. The predicted molar refractivity (Wildman–Crippen MR) is 69.7 cm³/mol. The zero-order chi connectivity index (χ0) is 15.5. The molecule has 1 aliphatic heterocycles. The van der Waals surface area contributed by atoms with Gasteiger partial charge in [0.05, 0.1) is 18.8 Å². The van der Waals surface area contributed by atoms with Crippen LogP contribution in [0.1, 0.15) is 30.9 Å². The molecule has 0 saturated carbocycles. The van der Waals surface area contributed by atoms with E-state index in [1.54, 1.807) is 13.0 Å². The molecule has 0 bridgehead atoms. The quantitative estimate of drug-likeness (QED) is 0.597. The summed E-state index contributed by atoms with van der Waals surface area (Å²) in [5.41, 5.74) is -0.912. The fourth-order valence-electron chi connectivity index (χ4n) is 2.20. The average molecular weight is 302 g/mol. The Hall–Kier alpha value is -1.56. The van der Waals surface area contributed by atoms with Gasteiger partial charge in [0.2, 0.25) is 0 Å². The van der Waals surface area contributed by atoms with Crippen molar-refractivity contribution in [2.75, 3.05) is 13.2 Å². The Balaban J connectivity index is 1.88. The number of hydrogen-bond acceptors (Lipinski definition) is 3. The van der Waals surface area contributed by atoms with Gasteiger partial charge in [-0.3, -0.25) is 0 Å². The lowest BCUT2D eigenvalue weighted by molar-refractivity contribution is -0.149. The fourth-order valence-corrected chi connectivity index (χ4v) is 2.20. The Morgan fingerprint density at radius 1 is 1.43 bits per heavy atom. The number of esters is 1. The summed E-state index contributed by atoms with van der Waals surface area (Å²) >= 11 is 0. The molecule has 0 radical (unpaired) electrons. The van der Waals surface area contributed by atoms with Gasteiger partial charge in [0.25, 0.3) is 0 Å². The molecule has 0 aliphatic carbocycles. The highest BCUT2D eigenvalue weighted by atomic mass is 19.4. The van der Waals surface area contributed by atoms with Gasteiger partial charge in [-0.15, -0.1) is 0 Å². The Morgan fingerprint density at radius 3 is 2.71 bits per heavy atom. The van der Waals surface area contributed by atoms with Crippen molar-refractivity contribution in [3.05, 3.63) is 35.4 Å². The van der Waals surface area contributed by atoms with Crippen LogP contribution in [0, 0.1) is 0 Å². The van der Waals surface area contributed by atoms with Crippen molar-refractivity contribution in [1.82, 2.24) is 0 Å². The van der Waals surface area contributed by atoms with Crippen LogP contribution in [0.2, 0.25) is 0 Å². The number of aryl methyl sites for hydroxylation is 1. The molecule has 0 spiro atoms. The Kier molecular flexibility index (Phi) is 4.56. The summed E-state index contributed by atoms with van der Waals surface area (Å²) in [4.78, 5) is 11.7. The third kappa shape index (κ3) is 3.97. The topological polar surface area (TPSA) is 38.8 Å². The van der Waals surface area contributed by atoms with E-state index in [-0.39, 0.29) is 12.6 Å². The molecule has 0 unspecified atom stereocenters. The fraction of sp³-hybridized carbons (Fsp3) is 0.533. The normalized spacial score (nSPS) is 21.1. The number of rotatable bonds is 6. The number of carbonyl (C=O) groups is 1. The molecule has 1 fully saturated rings. The Labute approximate surface area is 121 Å². The second-order valence-electron chi connectivity index (χ2n) is 5.06. The molecule has 116 valence electrons. The van der Waals surface area contributed by atoms with Crippen LogP contribution in [0.3, 0.4) is 0 Å². The van der Waals surface area contributed by atoms with Gasteiger partial charge in [0, 0.05) is 0 Å². The van der Waals surface area contributed by atoms with E-state index in [4.69, 9.17) is 9.47 Å². The Bertz CT molecular complexity index is 507. The number of alkyl halides is 3. The predicted octanol–water partition coefficient (Wildman–Crippen LogP) is 3.36. The van der Waals surface area contributed by atoms with Gasteiger partial charge in [0.1, 0.15) is 0 Å². The lowest BCUT2D eigenvalue weighted by atomic mass is 9.99. The molecule has 0 aromatic heterocycles. The van der Waals surface area contributed by atoms with Crippen LogP contribution < -0.4 is 0 Å². The van der Waals surface area contributed by atoms with Gasteiger partial charge in [-0.1, -0.05) is 18.2 Å². The second kappa shape index (κ2) is 6.05. The smallest absolute Gasteiger partial charge is 0.416 e. The van der Waals surface area contributed by atoms with E-state index < -0.39 is 17.3 Å². The summed E-state index contributed by atoms with van der Waals surface area (Å²) < 4.78 is 47.9. The third-order valence-corrected chi connectivity index (χ3v) is 3.44. The number of halogens is 3. The Morgan fingerprint density at radius 2 is 2.14 bits per heavy atom. The standard InChI is InChI=1S/C15H17F3O3/c1-2-20-13(19)14(10-21-14)8-4-6-11-5-3-7-12(9-11)15(16,17)18/h3,5,7,9H,2,4,6,8,10H2,1H3/t14-/m1/s1. The van der Waals surface area contributed by atoms with E-state index in [0.717, 1.165) is 12.1 Å². The monoisotopic (exact) mass is 302 g/mol. The van der Waals surface area contributed by atoms with Crippen molar-refractivity contribution < 1.29 is 27.4 Å². The first kappa shape index (κ1) is 15.8. The maximum atomic E-state index is 12.6. The van der Waals surface area contributed by atoms with Crippen LogP contribution in [-0.2, 0) is 26.9 Å². The molecule has 2 rings (SSSR count). The van der Waals surface area contributed by atoms with E-state index >= 15 is 0 Å². The van der Waals surface area contributed by atoms with Crippen molar-refractivity contribution in [3.63, 3.8) is 0 Å². The van der Waals surface area contributed by atoms with Crippen LogP contribution in [0.15, 0.2) is 24.3 Å². The molecule has 1 aliphatic rings. The van der Waals surface area contributed by atoms with Crippen molar-refractivity contribution in [1.29, 1.82) is 0 Å². The average Bonchev–Trinajstić information content (AvgIpc) is 3.20. The number of benzene rings is 1. The van der Waals surface area contributed by atoms with Gasteiger partial charge in [0.15, 0.2) is 5.60 Å². The van der Waals surface area contributed by atoms with E-state index in [9.17, 15) is 18.0 Å². The molecule has 1 atom stereocenters. The lowest BCUT2D eigenvalue weighted by Gasteiger charge is -2.11. The number of ether oxygens (including phenoxy) is 2. The summed E-state index contributed by atoms with van der Waals surface area (Å²) in [5.74, 6) is -0.381. The van der Waals surface area contributed by atoms with Gasteiger partial charge in [-0.05, 0) is 37.8 Å². The zero-order valence-corrected chi connectivity index (χ0v) is 11.7. The van der Waals surface area contributed by atoms with Crippen molar-refractivity contribution in [3.8, 4) is 0 Å². The van der Waals surface area contributed by atoms with Gasteiger partial charge in [-0.25, -0.2) is 4.79 Å². The summed E-state index contributed by atoms with van der Waals surface area (Å²) in [5, 5.41) is 0. The van der Waals surface area contributed by atoms with E-state index in [1.807, 2.05) is 0 Å². The van der Waals surface area contributed by atoms with E-state index in [0.29, 0.717) is 31.4 Å². The molecule has 21 heavy (non-hydrogen) atoms. The zero-order valence-electron chi connectivity index (χ0n) is 11.7. The summed E-state index contributed by atoms with van der Waals surface area (Å²) in [7, 11) is 0. The highest BCUT2D eigenvalue weighted by Crippen LogP contribution is 2.34. The minimum absolute atomic E-state index is 0.289. The van der Waals surface area contributed by atoms with Crippen molar-refractivity contribution in [2.24, 2.45) is 0 Å². The number of carbonyl (C=O) groups excluding carboxylic acids is 1. The third-order valence-electron chi connectivity index (χ3n) is 3.44. The molecular weight excluding hydrogens is 285 g/mol. The van der Waals surface area contributed by atoms with Crippen molar-refractivity contribution >= 4 is 5.97 Å². The first-order valence-corrected chi connectivity index (χ1v) is 6.85. The second-order valence-corrected chi connectivity index (χ2v) is 5.06. The van der Waals surface area contributed by atoms with Crippen molar-refractivity contribution in [2.45, 2.75) is 38.0 Å². The molecule has 0 amide bonds. The number of hydrogen-bond donors (Lipinski definition) is 0. The van der Waals surface area contributed by atoms with Gasteiger partial charge < -0.3 is 9.47 Å². The highest BCUT2D eigenvalue weighted by molar-refractivity contribution is 5.82. The molecule has 0 N–H and O–H groups in total. The maximum Gasteiger partial charge on any atom is 0.416 e. The molecule has 3 nitrogen and oxygen atoms in total. The highest BCUT2D eigenvalue weighted by Gasteiger charge is 2.52. The summed E-state index contributed by atoms with van der Waals surface area (Å²) in [6.07, 6.45) is -2.83.